The molecule has 0 saturated carbocycles. The molecule has 0 bridgehead atoms. The molecule has 1 aromatic carbocycles. The fraction of sp³-hybridized carbons (Fsp3) is 0.462. The first-order valence-electron chi connectivity index (χ1n) is 5.72. The highest BCUT2D eigenvalue weighted by Crippen LogP contribution is 2.20. The van der Waals surface area contributed by atoms with Gasteiger partial charge in [0.05, 0.1) is 0 Å². The molecule has 0 unspecified atom stereocenters. The molecule has 0 radical (unpaired) electrons. The van der Waals surface area contributed by atoms with Crippen molar-refractivity contribution >= 4 is 11.6 Å². The molecule has 16 heavy (non-hydrogen) atoms. The van der Waals surface area contributed by atoms with E-state index in [1.807, 2.05) is 26.1 Å². The Morgan fingerprint density at radius 3 is 2.75 bits per heavy atom. The molecule has 0 spiro atoms. The fourth-order valence-corrected chi connectivity index (χ4v) is 1.64. The summed E-state index contributed by atoms with van der Waals surface area (Å²) in [6.45, 7) is 4.82. The van der Waals surface area contributed by atoms with E-state index in [0.29, 0.717) is 13.0 Å². The van der Waals surface area contributed by atoms with Gasteiger partial charge in [-0.15, -0.1) is 0 Å². The first kappa shape index (κ1) is 12.7. The predicted molar refractivity (Wildman–Crippen MR) is 67.7 cm³/mol. The number of carbonyl (C=O) groups is 1. The number of nitrogens with one attached hydrogen (secondary N) is 2. The largest absolute Gasteiger partial charge is 0.326 e. The maximum Gasteiger partial charge on any atom is 0.225 e. The minimum absolute atomic E-state index is 0.0679. The van der Waals surface area contributed by atoms with Gasteiger partial charge in [0.2, 0.25) is 5.91 Å². The topological polar surface area (TPSA) is 41.1 Å². The molecule has 0 heterocycles. The second-order valence-corrected chi connectivity index (χ2v) is 3.86. The van der Waals surface area contributed by atoms with Gasteiger partial charge in [0.1, 0.15) is 0 Å². The Hall–Kier alpha value is -1.35. The van der Waals surface area contributed by atoms with Crippen LogP contribution in [0.5, 0.6) is 0 Å². The van der Waals surface area contributed by atoms with Gasteiger partial charge < -0.3 is 10.6 Å². The molecular formula is C13H20N2O. The van der Waals surface area contributed by atoms with Crippen LogP contribution in [0.2, 0.25) is 0 Å². The third-order valence-electron chi connectivity index (χ3n) is 2.61. The highest BCUT2D eigenvalue weighted by atomic mass is 16.1. The van der Waals surface area contributed by atoms with Gasteiger partial charge in [0.15, 0.2) is 0 Å². The van der Waals surface area contributed by atoms with Crippen LogP contribution in [0.3, 0.4) is 0 Å². The SMILES string of the molecule is CCc1cccc(C)c1NC(=O)CCNC. The van der Waals surface area contributed by atoms with Crippen LogP contribution in [0.4, 0.5) is 5.69 Å². The number of carbonyl (C=O) groups excluding carboxylic acids is 1. The molecule has 3 nitrogen and oxygen atoms in total. The van der Waals surface area contributed by atoms with Crippen molar-refractivity contribution in [3.63, 3.8) is 0 Å². The van der Waals surface area contributed by atoms with Crippen LogP contribution in [0, 0.1) is 6.92 Å². The Morgan fingerprint density at radius 2 is 2.12 bits per heavy atom. The van der Waals surface area contributed by atoms with Crippen molar-refractivity contribution in [2.75, 3.05) is 18.9 Å². The second kappa shape index (κ2) is 6.28. The average molecular weight is 220 g/mol. The summed E-state index contributed by atoms with van der Waals surface area (Å²) in [5.41, 5.74) is 3.29. The lowest BCUT2D eigenvalue weighted by Gasteiger charge is -2.12. The van der Waals surface area contributed by atoms with Gasteiger partial charge in [0, 0.05) is 18.7 Å². The summed E-state index contributed by atoms with van der Waals surface area (Å²) < 4.78 is 0. The standard InChI is InChI=1S/C13H20N2O/c1-4-11-7-5-6-10(2)13(11)15-12(16)8-9-14-3/h5-7,14H,4,8-9H2,1-3H3,(H,15,16). The van der Waals surface area contributed by atoms with E-state index in [2.05, 4.69) is 23.6 Å². The van der Waals surface area contributed by atoms with Crippen LogP contribution in [0.25, 0.3) is 0 Å². The van der Waals surface area contributed by atoms with Crippen molar-refractivity contribution in [2.45, 2.75) is 26.7 Å². The molecule has 0 aliphatic rings. The predicted octanol–water partition coefficient (Wildman–Crippen LogP) is 2.11. The highest BCUT2D eigenvalue weighted by molar-refractivity contribution is 5.92. The van der Waals surface area contributed by atoms with Crippen LogP contribution in [0.1, 0.15) is 24.5 Å². The zero-order valence-electron chi connectivity index (χ0n) is 10.3. The number of hydrogen-bond acceptors (Lipinski definition) is 2. The first-order valence-corrected chi connectivity index (χ1v) is 5.72. The summed E-state index contributed by atoms with van der Waals surface area (Å²) in [4.78, 5) is 11.6. The van der Waals surface area contributed by atoms with Crippen LogP contribution in [0.15, 0.2) is 18.2 Å². The van der Waals surface area contributed by atoms with E-state index < -0.39 is 0 Å². The molecule has 0 saturated heterocycles. The molecule has 3 heteroatoms. The Morgan fingerprint density at radius 1 is 1.38 bits per heavy atom. The Bertz CT molecular complexity index is 361. The second-order valence-electron chi connectivity index (χ2n) is 3.86. The maximum atomic E-state index is 11.6. The molecule has 1 amide bonds. The van der Waals surface area contributed by atoms with Crippen LogP contribution in [-0.2, 0) is 11.2 Å². The Labute approximate surface area is 97.2 Å². The van der Waals surface area contributed by atoms with Crippen molar-refractivity contribution in [1.82, 2.24) is 5.32 Å². The molecule has 1 aromatic rings. The highest BCUT2D eigenvalue weighted by Gasteiger charge is 2.07. The molecule has 1 rings (SSSR count). The lowest BCUT2D eigenvalue weighted by atomic mass is 10.1. The van der Waals surface area contributed by atoms with Gasteiger partial charge in [-0.1, -0.05) is 25.1 Å². The van der Waals surface area contributed by atoms with Crippen molar-refractivity contribution in [3.05, 3.63) is 29.3 Å². The summed E-state index contributed by atoms with van der Waals surface area (Å²) >= 11 is 0. The van der Waals surface area contributed by atoms with Gasteiger partial charge in [-0.2, -0.15) is 0 Å². The van der Waals surface area contributed by atoms with Crippen molar-refractivity contribution in [2.24, 2.45) is 0 Å². The van der Waals surface area contributed by atoms with E-state index in [-0.39, 0.29) is 5.91 Å². The zero-order valence-corrected chi connectivity index (χ0v) is 10.3. The normalized spacial score (nSPS) is 10.2. The average Bonchev–Trinajstić information content (AvgIpc) is 2.29. The molecule has 88 valence electrons. The fourth-order valence-electron chi connectivity index (χ4n) is 1.64. The number of para-hydroxylation sites is 1. The first-order chi connectivity index (χ1) is 7.69. The molecule has 0 aliphatic carbocycles. The molecule has 0 atom stereocenters. The lowest BCUT2D eigenvalue weighted by Crippen LogP contribution is -2.19. The Balaban J connectivity index is 2.75. The minimum atomic E-state index is 0.0679. The van der Waals surface area contributed by atoms with E-state index in [9.17, 15) is 4.79 Å². The van der Waals surface area contributed by atoms with Crippen molar-refractivity contribution in [3.8, 4) is 0 Å². The van der Waals surface area contributed by atoms with E-state index >= 15 is 0 Å². The molecular weight excluding hydrogens is 200 g/mol. The summed E-state index contributed by atoms with van der Waals surface area (Å²) in [5, 5.41) is 5.95. The van der Waals surface area contributed by atoms with Gasteiger partial charge in [0.25, 0.3) is 0 Å². The molecule has 0 aromatic heterocycles. The van der Waals surface area contributed by atoms with E-state index in [4.69, 9.17) is 0 Å². The molecule has 2 N–H and O–H groups in total. The third kappa shape index (κ3) is 3.35. The van der Waals surface area contributed by atoms with Crippen LogP contribution < -0.4 is 10.6 Å². The Kier molecular flexibility index (Phi) is 4.99. The zero-order chi connectivity index (χ0) is 12.0. The van der Waals surface area contributed by atoms with Gasteiger partial charge in [-0.05, 0) is 31.5 Å². The summed E-state index contributed by atoms with van der Waals surface area (Å²) in [6, 6.07) is 6.10. The summed E-state index contributed by atoms with van der Waals surface area (Å²) in [5.74, 6) is 0.0679. The van der Waals surface area contributed by atoms with E-state index in [0.717, 1.165) is 17.7 Å². The van der Waals surface area contributed by atoms with E-state index in [1.165, 1.54) is 5.56 Å². The minimum Gasteiger partial charge on any atom is -0.326 e. The number of aryl methyl sites for hydroxylation is 2. The number of amides is 1. The molecule has 0 fully saturated rings. The number of benzene rings is 1. The van der Waals surface area contributed by atoms with E-state index in [1.54, 1.807) is 0 Å². The molecule has 0 aliphatic heterocycles. The monoisotopic (exact) mass is 220 g/mol. The smallest absolute Gasteiger partial charge is 0.225 e. The van der Waals surface area contributed by atoms with Gasteiger partial charge >= 0.3 is 0 Å². The quantitative estimate of drug-likeness (QED) is 0.798. The maximum absolute atomic E-state index is 11.6. The number of hydrogen-bond donors (Lipinski definition) is 2. The third-order valence-corrected chi connectivity index (χ3v) is 2.61. The van der Waals surface area contributed by atoms with Crippen LogP contribution >= 0.6 is 0 Å². The van der Waals surface area contributed by atoms with Gasteiger partial charge in [-0.25, -0.2) is 0 Å². The van der Waals surface area contributed by atoms with Crippen molar-refractivity contribution in [1.29, 1.82) is 0 Å². The number of rotatable bonds is 5. The number of anilines is 1. The lowest BCUT2D eigenvalue weighted by molar-refractivity contribution is -0.116. The summed E-state index contributed by atoms with van der Waals surface area (Å²) in [6.07, 6.45) is 1.44. The summed E-state index contributed by atoms with van der Waals surface area (Å²) in [7, 11) is 1.85. The van der Waals surface area contributed by atoms with Crippen molar-refractivity contribution < 1.29 is 4.79 Å². The van der Waals surface area contributed by atoms with Gasteiger partial charge in [-0.3, -0.25) is 4.79 Å². The van der Waals surface area contributed by atoms with Crippen LogP contribution in [-0.4, -0.2) is 19.5 Å².